The van der Waals surface area contributed by atoms with E-state index in [0.29, 0.717) is 10.8 Å². The van der Waals surface area contributed by atoms with Gasteiger partial charge in [0.2, 0.25) is 0 Å². The van der Waals surface area contributed by atoms with Gasteiger partial charge in [-0.25, -0.2) is 4.98 Å². The van der Waals surface area contributed by atoms with Crippen LogP contribution in [0.25, 0.3) is 0 Å². The average Bonchev–Trinajstić information content (AvgIpc) is 2.45. The van der Waals surface area contributed by atoms with Gasteiger partial charge in [0.1, 0.15) is 6.10 Å². The molecule has 0 amide bonds. The van der Waals surface area contributed by atoms with Crippen molar-refractivity contribution < 1.29 is 5.11 Å². The third-order valence-corrected chi connectivity index (χ3v) is 2.00. The fourth-order valence-corrected chi connectivity index (χ4v) is 1.34. The minimum atomic E-state index is -0.722. The van der Waals surface area contributed by atoms with Crippen LogP contribution in [0.2, 0.25) is 5.15 Å². The summed E-state index contributed by atoms with van der Waals surface area (Å²) in [7, 11) is 0. The summed E-state index contributed by atoms with van der Waals surface area (Å²) < 4.78 is 1.78. The summed E-state index contributed by atoms with van der Waals surface area (Å²) in [6.45, 7) is 2.84. The van der Waals surface area contributed by atoms with Gasteiger partial charge in [-0.3, -0.25) is 0 Å². The molecule has 0 bridgehead atoms. The van der Waals surface area contributed by atoms with Crippen molar-refractivity contribution in [3.63, 3.8) is 0 Å². The summed E-state index contributed by atoms with van der Waals surface area (Å²) in [5.74, 6) is 0. The van der Waals surface area contributed by atoms with E-state index in [2.05, 4.69) is 4.98 Å². The van der Waals surface area contributed by atoms with Crippen LogP contribution in [0.4, 0.5) is 0 Å². The standard InChI is InChI=1S/C7H12ClN3O/c1-2-11-4-10-7(8)6(11)5(12)3-9/h4-5,12H,2-3,9H2,1H3/t5-/m0/s1. The van der Waals surface area contributed by atoms with E-state index in [1.54, 1.807) is 10.9 Å². The van der Waals surface area contributed by atoms with Gasteiger partial charge < -0.3 is 15.4 Å². The molecule has 5 heteroatoms. The van der Waals surface area contributed by atoms with Crippen LogP contribution in [0.5, 0.6) is 0 Å². The van der Waals surface area contributed by atoms with Gasteiger partial charge in [0, 0.05) is 13.1 Å². The maximum Gasteiger partial charge on any atom is 0.152 e. The third-order valence-electron chi connectivity index (χ3n) is 1.71. The lowest BCUT2D eigenvalue weighted by Crippen LogP contribution is -2.15. The summed E-state index contributed by atoms with van der Waals surface area (Å²) in [4.78, 5) is 3.87. The highest BCUT2D eigenvalue weighted by Crippen LogP contribution is 2.20. The number of aliphatic hydroxyl groups excluding tert-OH is 1. The third kappa shape index (κ3) is 1.60. The number of aliphatic hydroxyl groups is 1. The number of imidazole rings is 1. The second-order valence-electron chi connectivity index (χ2n) is 2.46. The molecule has 1 atom stereocenters. The zero-order valence-corrected chi connectivity index (χ0v) is 7.62. The normalized spacial score (nSPS) is 13.3. The van der Waals surface area contributed by atoms with E-state index in [9.17, 15) is 5.11 Å². The van der Waals surface area contributed by atoms with Gasteiger partial charge in [-0.1, -0.05) is 11.6 Å². The number of halogens is 1. The zero-order valence-electron chi connectivity index (χ0n) is 6.87. The molecule has 4 nitrogen and oxygen atoms in total. The maximum atomic E-state index is 9.44. The molecule has 0 fully saturated rings. The number of aryl methyl sites for hydroxylation is 1. The Hall–Kier alpha value is -0.580. The van der Waals surface area contributed by atoms with Gasteiger partial charge in [0.05, 0.1) is 12.0 Å². The Kier molecular flexibility index (Phi) is 3.08. The highest BCUT2D eigenvalue weighted by atomic mass is 35.5. The van der Waals surface area contributed by atoms with Crippen LogP contribution in [0.3, 0.4) is 0 Å². The molecule has 3 N–H and O–H groups in total. The van der Waals surface area contributed by atoms with E-state index < -0.39 is 6.10 Å². The van der Waals surface area contributed by atoms with Crippen molar-refractivity contribution in [2.75, 3.05) is 6.54 Å². The smallest absolute Gasteiger partial charge is 0.152 e. The van der Waals surface area contributed by atoms with Crippen molar-refractivity contribution >= 4 is 11.6 Å². The number of rotatable bonds is 3. The van der Waals surface area contributed by atoms with Gasteiger partial charge >= 0.3 is 0 Å². The molecule has 0 aliphatic rings. The van der Waals surface area contributed by atoms with Gasteiger partial charge in [0.15, 0.2) is 5.15 Å². The topological polar surface area (TPSA) is 64.1 Å². The number of aromatic nitrogens is 2. The molecule has 12 heavy (non-hydrogen) atoms. The van der Waals surface area contributed by atoms with Crippen LogP contribution in [-0.4, -0.2) is 21.2 Å². The van der Waals surface area contributed by atoms with E-state index in [1.807, 2.05) is 6.92 Å². The first-order valence-corrected chi connectivity index (χ1v) is 4.17. The maximum absolute atomic E-state index is 9.44. The van der Waals surface area contributed by atoms with Gasteiger partial charge in [-0.05, 0) is 6.92 Å². The first-order valence-electron chi connectivity index (χ1n) is 3.79. The van der Waals surface area contributed by atoms with E-state index in [0.717, 1.165) is 6.54 Å². The highest BCUT2D eigenvalue weighted by molar-refractivity contribution is 6.30. The van der Waals surface area contributed by atoms with Crippen LogP contribution in [0, 0.1) is 0 Å². The molecular weight excluding hydrogens is 178 g/mol. The lowest BCUT2D eigenvalue weighted by atomic mass is 10.3. The van der Waals surface area contributed by atoms with Crippen LogP contribution in [-0.2, 0) is 6.54 Å². The summed E-state index contributed by atoms with van der Waals surface area (Å²) in [6, 6.07) is 0. The molecule has 1 aromatic rings. The van der Waals surface area contributed by atoms with Gasteiger partial charge in [0.25, 0.3) is 0 Å². The molecular formula is C7H12ClN3O. The van der Waals surface area contributed by atoms with Crippen LogP contribution >= 0.6 is 11.6 Å². The minimum absolute atomic E-state index is 0.158. The molecule has 0 saturated heterocycles. The van der Waals surface area contributed by atoms with Crippen LogP contribution in [0.1, 0.15) is 18.7 Å². The molecule has 0 aliphatic carbocycles. The Bertz CT molecular complexity index is 261. The minimum Gasteiger partial charge on any atom is -0.385 e. The quantitative estimate of drug-likeness (QED) is 0.730. The fourth-order valence-electron chi connectivity index (χ4n) is 1.06. The molecule has 0 spiro atoms. The first-order chi connectivity index (χ1) is 5.70. The van der Waals surface area contributed by atoms with E-state index >= 15 is 0 Å². The number of hydrogen-bond acceptors (Lipinski definition) is 3. The molecule has 1 rings (SSSR count). The van der Waals surface area contributed by atoms with E-state index in [-0.39, 0.29) is 6.54 Å². The molecule has 0 aromatic carbocycles. The average molecular weight is 190 g/mol. The fraction of sp³-hybridized carbons (Fsp3) is 0.571. The summed E-state index contributed by atoms with van der Waals surface area (Å²) >= 11 is 5.75. The van der Waals surface area contributed by atoms with Crippen LogP contribution in [0.15, 0.2) is 6.33 Å². The Balaban J connectivity index is 3.01. The highest BCUT2D eigenvalue weighted by Gasteiger charge is 2.15. The lowest BCUT2D eigenvalue weighted by molar-refractivity contribution is 0.177. The number of hydrogen-bond donors (Lipinski definition) is 2. The molecule has 68 valence electrons. The Morgan fingerprint density at radius 1 is 1.83 bits per heavy atom. The summed E-state index contributed by atoms with van der Waals surface area (Å²) in [5.41, 5.74) is 5.90. The predicted octanol–water partition coefficient (Wildman–Crippen LogP) is 0.548. The van der Waals surface area contributed by atoms with Crippen molar-refractivity contribution in [2.24, 2.45) is 5.73 Å². The molecule has 1 heterocycles. The largest absolute Gasteiger partial charge is 0.385 e. The second-order valence-corrected chi connectivity index (χ2v) is 2.82. The van der Waals surface area contributed by atoms with Crippen molar-refractivity contribution in [1.82, 2.24) is 9.55 Å². The van der Waals surface area contributed by atoms with Crippen molar-refractivity contribution in [2.45, 2.75) is 19.6 Å². The SMILES string of the molecule is CCn1cnc(Cl)c1[C@@H](O)CN. The van der Waals surface area contributed by atoms with E-state index in [1.165, 1.54) is 0 Å². The molecule has 0 unspecified atom stereocenters. The molecule has 0 saturated carbocycles. The predicted molar refractivity (Wildman–Crippen MR) is 46.9 cm³/mol. The monoisotopic (exact) mass is 189 g/mol. The van der Waals surface area contributed by atoms with Crippen LogP contribution < -0.4 is 5.73 Å². The zero-order chi connectivity index (χ0) is 9.14. The summed E-state index contributed by atoms with van der Waals surface area (Å²) in [5, 5.41) is 9.77. The number of nitrogens with zero attached hydrogens (tertiary/aromatic N) is 2. The summed E-state index contributed by atoms with van der Waals surface area (Å²) in [6.07, 6.45) is 0.872. The van der Waals surface area contributed by atoms with Gasteiger partial charge in [-0.2, -0.15) is 0 Å². The second kappa shape index (κ2) is 3.89. The lowest BCUT2D eigenvalue weighted by Gasteiger charge is -2.10. The Morgan fingerprint density at radius 2 is 2.50 bits per heavy atom. The Labute approximate surface area is 76.0 Å². The van der Waals surface area contributed by atoms with Crippen molar-refractivity contribution in [3.05, 3.63) is 17.2 Å². The first kappa shape index (κ1) is 9.51. The molecule has 0 radical (unpaired) electrons. The van der Waals surface area contributed by atoms with E-state index in [4.69, 9.17) is 17.3 Å². The van der Waals surface area contributed by atoms with Crippen molar-refractivity contribution in [3.8, 4) is 0 Å². The number of nitrogens with two attached hydrogens (primary N) is 1. The molecule has 1 aromatic heterocycles. The van der Waals surface area contributed by atoms with Gasteiger partial charge in [-0.15, -0.1) is 0 Å². The molecule has 0 aliphatic heterocycles. The Morgan fingerprint density at radius 3 is 3.00 bits per heavy atom. The van der Waals surface area contributed by atoms with Crippen molar-refractivity contribution in [1.29, 1.82) is 0 Å².